The number of unbranched alkanes of at least 4 members (excludes halogenated alkanes) is 2. The normalized spacial score (nSPS) is 10.8. The predicted molar refractivity (Wildman–Crippen MR) is 55.6 cm³/mol. The molecule has 1 rings (SSSR count). The smallest absolute Gasteiger partial charge is 0.250 e. The van der Waals surface area contributed by atoms with E-state index in [4.69, 9.17) is 0 Å². The first-order chi connectivity index (χ1) is 7.54. The van der Waals surface area contributed by atoms with E-state index in [0.717, 1.165) is 31.5 Å². The summed E-state index contributed by atoms with van der Waals surface area (Å²) in [4.78, 5) is 3.32. The number of aromatic nitrogens is 1. The first kappa shape index (κ1) is 12.6. The van der Waals surface area contributed by atoms with Gasteiger partial charge in [0.2, 0.25) is 0 Å². The SMILES string of the molecule is CCCCC#Cc1ccc(C(F)(F)F)nc1. The molecule has 4 heteroatoms. The second kappa shape index (κ2) is 5.55. The summed E-state index contributed by atoms with van der Waals surface area (Å²) in [5, 5.41) is 0. The van der Waals surface area contributed by atoms with Gasteiger partial charge < -0.3 is 0 Å². The Morgan fingerprint density at radius 3 is 2.56 bits per heavy atom. The molecular weight excluding hydrogens is 215 g/mol. The maximum atomic E-state index is 12.2. The summed E-state index contributed by atoms with van der Waals surface area (Å²) < 4.78 is 36.5. The van der Waals surface area contributed by atoms with Crippen molar-refractivity contribution in [1.82, 2.24) is 4.98 Å². The molecule has 0 saturated heterocycles. The molecular formula is C12H12F3N. The van der Waals surface area contributed by atoms with Crippen LogP contribution in [-0.4, -0.2) is 4.98 Å². The summed E-state index contributed by atoms with van der Waals surface area (Å²) in [5.74, 6) is 5.67. The van der Waals surface area contributed by atoms with E-state index in [0.29, 0.717) is 5.56 Å². The van der Waals surface area contributed by atoms with Gasteiger partial charge in [-0.25, -0.2) is 0 Å². The van der Waals surface area contributed by atoms with Crippen molar-refractivity contribution in [3.63, 3.8) is 0 Å². The Labute approximate surface area is 92.7 Å². The number of hydrogen-bond acceptors (Lipinski definition) is 1. The van der Waals surface area contributed by atoms with E-state index in [1.807, 2.05) is 0 Å². The van der Waals surface area contributed by atoms with Gasteiger partial charge >= 0.3 is 6.18 Å². The zero-order valence-electron chi connectivity index (χ0n) is 8.93. The van der Waals surface area contributed by atoms with E-state index in [-0.39, 0.29) is 0 Å². The van der Waals surface area contributed by atoms with E-state index in [9.17, 15) is 13.2 Å². The molecule has 0 spiro atoms. The number of rotatable bonds is 2. The molecule has 0 saturated carbocycles. The van der Waals surface area contributed by atoms with Gasteiger partial charge in [0.1, 0.15) is 5.69 Å². The van der Waals surface area contributed by atoms with Crippen LogP contribution in [0, 0.1) is 11.8 Å². The van der Waals surface area contributed by atoms with Crippen LogP contribution in [-0.2, 0) is 6.18 Å². The Morgan fingerprint density at radius 1 is 1.31 bits per heavy atom. The molecule has 0 radical (unpaired) electrons. The summed E-state index contributed by atoms with van der Waals surface area (Å²) in [7, 11) is 0. The Bertz CT molecular complexity index is 381. The largest absolute Gasteiger partial charge is 0.433 e. The molecule has 1 nitrogen and oxygen atoms in total. The zero-order chi connectivity index (χ0) is 12.0. The van der Waals surface area contributed by atoms with Gasteiger partial charge in [0.25, 0.3) is 0 Å². The van der Waals surface area contributed by atoms with E-state index >= 15 is 0 Å². The van der Waals surface area contributed by atoms with Crippen molar-refractivity contribution in [2.45, 2.75) is 32.4 Å². The summed E-state index contributed by atoms with van der Waals surface area (Å²) in [6, 6.07) is 2.29. The topological polar surface area (TPSA) is 12.9 Å². The van der Waals surface area contributed by atoms with Crippen LogP contribution in [0.3, 0.4) is 0 Å². The predicted octanol–water partition coefficient (Wildman–Crippen LogP) is 3.64. The lowest BCUT2D eigenvalue weighted by Crippen LogP contribution is -2.07. The number of hydrogen-bond donors (Lipinski definition) is 0. The second-order valence-corrected chi connectivity index (χ2v) is 3.34. The highest BCUT2D eigenvalue weighted by Gasteiger charge is 2.31. The van der Waals surface area contributed by atoms with Crippen LogP contribution in [0.5, 0.6) is 0 Å². The van der Waals surface area contributed by atoms with Crippen LogP contribution in [0.25, 0.3) is 0 Å². The minimum atomic E-state index is -4.38. The molecule has 0 aromatic carbocycles. The maximum absolute atomic E-state index is 12.2. The van der Waals surface area contributed by atoms with Crippen molar-refractivity contribution in [2.75, 3.05) is 0 Å². The van der Waals surface area contributed by atoms with Crippen molar-refractivity contribution >= 4 is 0 Å². The molecule has 1 heterocycles. The van der Waals surface area contributed by atoms with Gasteiger partial charge in [-0.3, -0.25) is 4.98 Å². The van der Waals surface area contributed by atoms with Crippen LogP contribution in [0.2, 0.25) is 0 Å². The highest BCUT2D eigenvalue weighted by Crippen LogP contribution is 2.26. The molecule has 0 atom stereocenters. The number of halogens is 3. The van der Waals surface area contributed by atoms with E-state index in [1.54, 1.807) is 0 Å². The van der Waals surface area contributed by atoms with Crippen molar-refractivity contribution in [3.05, 3.63) is 29.6 Å². The van der Waals surface area contributed by atoms with Crippen LogP contribution < -0.4 is 0 Å². The molecule has 86 valence electrons. The van der Waals surface area contributed by atoms with Gasteiger partial charge in [-0.2, -0.15) is 13.2 Å². The van der Waals surface area contributed by atoms with E-state index < -0.39 is 11.9 Å². The fraction of sp³-hybridized carbons (Fsp3) is 0.417. The average molecular weight is 227 g/mol. The number of pyridine rings is 1. The van der Waals surface area contributed by atoms with Crippen molar-refractivity contribution in [3.8, 4) is 11.8 Å². The third-order valence-electron chi connectivity index (χ3n) is 1.94. The van der Waals surface area contributed by atoms with Crippen LogP contribution in [0.4, 0.5) is 13.2 Å². The minimum absolute atomic E-state index is 0.518. The molecule has 0 aliphatic carbocycles. The lowest BCUT2D eigenvalue weighted by Gasteiger charge is -2.03. The summed E-state index contributed by atoms with van der Waals surface area (Å²) >= 11 is 0. The molecule has 0 fully saturated rings. The standard InChI is InChI=1S/C12H12F3N/c1-2-3-4-5-6-10-7-8-11(16-9-10)12(13,14)15/h7-9H,2-4H2,1H3. The van der Waals surface area contributed by atoms with Gasteiger partial charge in [-0.15, -0.1) is 0 Å². The third kappa shape index (κ3) is 3.93. The molecule has 0 bridgehead atoms. The van der Waals surface area contributed by atoms with Crippen LogP contribution in [0.1, 0.15) is 37.4 Å². The average Bonchev–Trinajstić information content (AvgIpc) is 2.24. The van der Waals surface area contributed by atoms with Crippen molar-refractivity contribution in [1.29, 1.82) is 0 Å². The molecule has 0 unspecified atom stereocenters. The highest BCUT2D eigenvalue weighted by molar-refractivity contribution is 5.32. The molecule has 0 N–H and O–H groups in total. The zero-order valence-corrected chi connectivity index (χ0v) is 8.93. The Balaban J connectivity index is 2.67. The summed E-state index contributed by atoms with van der Waals surface area (Å²) in [6.45, 7) is 2.06. The fourth-order valence-electron chi connectivity index (χ4n) is 1.07. The first-order valence-corrected chi connectivity index (χ1v) is 5.06. The quantitative estimate of drug-likeness (QED) is 0.555. The Hall–Kier alpha value is -1.50. The van der Waals surface area contributed by atoms with Gasteiger partial charge in [0.15, 0.2) is 0 Å². The number of alkyl halides is 3. The van der Waals surface area contributed by atoms with Gasteiger partial charge in [-0.05, 0) is 18.6 Å². The van der Waals surface area contributed by atoms with Gasteiger partial charge in [0.05, 0.1) is 0 Å². The summed E-state index contributed by atoms with van der Waals surface area (Å²) in [6.07, 6.45) is -0.408. The maximum Gasteiger partial charge on any atom is 0.433 e. The molecule has 0 aliphatic heterocycles. The Kier molecular flexibility index (Phi) is 4.36. The number of nitrogens with zero attached hydrogens (tertiary/aromatic N) is 1. The van der Waals surface area contributed by atoms with Gasteiger partial charge in [0, 0.05) is 18.2 Å². The molecule has 16 heavy (non-hydrogen) atoms. The molecule has 0 amide bonds. The van der Waals surface area contributed by atoms with Crippen molar-refractivity contribution < 1.29 is 13.2 Å². The molecule has 0 aliphatic rings. The van der Waals surface area contributed by atoms with Crippen molar-refractivity contribution in [2.24, 2.45) is 0 Å². The second-order valence-electron chi connectivity index (χ2n) is 3.34. The third-order valence-corrected chi connectivity index (χ3v) is 1.94. The lowest BCUT2D eigenvalue weighted by atomic mass is 10.2. The summed E-state index contributed by atoms with van der Waals surface area (Å²) in [5.41, 5.74) is -0.365. The van der Waals surface area contributed by atoms with E-state index in [1.165, 1.54) is 6.07 Å². The lowest BCUT2D eigenvalue weighted by molar-refractivity contribution is -0.141. The Morgan fingerprint density at radius 2 is 2.06 bits per heavy atom. The first-order valence-electron chi connectivity index (χ1n) is 5.06. The van der Waals surface area contributed by atoms with Crippen LogP contribution >= 0.6 is 0 Å². The molecule has 1 aromatic rings. The van der Waals surface area contributed by atoms with E-state index in [2.05, 4.69) is 23.7 Å². The minimum Gasteiger partial charge on any atom is -0.250 e. The van der Waals surface area contributed by atoms with Crippen LogP contribution in [0.15, 0.2) is 18.3 Å². The monoisotopic (exact) mass is 227 g/mol. The molecule has 1 aromatic heterocycles. The highest BCUT2D eigenvalue weighted by atomic mass is 19.4. The van der Waals surface area contributed by atoms with Gasteiger partial charge in [-0.1, -0.05) is 25.2 Å². The fourth-order valence-corrected chi connectivity index (χ4v) is 1.07.